The van der Waals surface area contributed by atoms with E-state index >= 15 is 0 Å². The SMILES string of the molecule is c1ccc(-n2c3ccccc3c3cccc(-c4ccc5c6c4Oc4ccccc4B6c4ccccc4O5)c32)cc1. The van der Waals surface area contributed by atoms with Crippen LogP contribution in [0.1, 0.15) is 0 Å². The molecule has 2 aliphatic heterocycles. The van der Waals surface area contributed by atoms with E-state index in [1.165, 1.54) is 32.7 Å². The Morgan fingerprint density at radius 3 is 1.98 bits per heavy atom. The van der Waals surface area contributed by atoms with Gasteiger partial charge >= 0.3 is 0 Å². The second-order valence-electron chi connectivity index (χ2n) is 10.5. The normalized spacial score (nSPS) is 12.8. The molecule has 0 fully saturated rings. The maximum atomic E-state index is 6.80. The third kappa shape index (κ3) is 2.90. The van der Waals surface area contributed by atoms with Crippen molar-refractivity contribution in [1.82, 2.24) is 4.57 Å². The van der Waals surface area contributed by atoms with Gasteiger partial charge in [0.2, 0.25) is 0 Å². The van der Waals surface area contributed by atoms with E-state index in [0.29, 0.717) is 0 Å². The lowest BCUT2D eigenvalue weighted by molar-refractivity contribution is 0.465. The van der Waals surface area contributed by atoms with Gasteiger partial charge in [0.05, 0.1) is 11.0 Å². The lowest BCUT2D eigenvalue weighted by Gasteiger charge is -2.34. The van der Waals surface area contributed by atoms with E-state index < -0.39 is 0 Å². The number of rotatable bonds is 2. The number of benzene rings is 6. The van der Waals surface area contributed by atoms with Crippen LogP contribution in [0.4, 0.5) is 0 Å². The van der Waals surface area contributed by atoms with Gasteiger partial charge in [0.15, 0.2) is 0 Å². The Labute approximate surface area is 231 Å². The van der Waals surface area contributed by atoms with Gasteiger partial charge in [0.1, 0.15) is 23.0 Å². The molecule has 0 N–H and O–H groups in total. The molecule has 0 spiro atoms. The molecule has 1 aromatic heterocycles. The molecule has 3 heterocycles. The summed E-state index contributed by atoms with van der Waals surface area (Å²) in [7, 11) is 0. The first-order chi connectivity index (χ1) is 19.9. The Balaban J connectivity index is 1.38. The highest BCUT2D eigenvalue weighted by molar-refractivity contribution is 6.98. The molecule has 0 atom stereocenters. The number of hydrogen-bond acceptors (Lipinski definition) is 2. The van der Waals surface area contributed by atoms with Crippen molar-refractivity contribution in [2.24, 2.45) is 0 Å². The average molecular weight is 511 g/mol. The molecule has 0 radical (unpaired) electrons. The summed E-state index contributed by atoms with van der Waals surface area (Å²) in [5.74, 6) is 3.52. The van der Waals surface area contributed by atoms with E-state index in [1.807, 2.05) is 12.1 Å². The average Bonchev–Trinajstić information content (AvgIpc) is 3.36. The molecule has 0 amide bonds. The highest BCUT2D eigenvalue weighted by Crippen LogP contribution is 2.44. The summed E-state index contributed by atoms with van der Waals surface area (Å²) in [4.78, 5) is 0. The van der Waals surface area contributed by atoms with Crippen molar-refractivity contribution in [3.63, 3.8) is 0 Å². The third-order valence-electron chi connectivity index (χ3n) is 8.34. The van der Waals surface area contributed by atoms with E-state index in [4.69, 9.17) is 9.47 Å². The molecule has 3 nitrogen and oxygen atoms in total. The van der Waals surface area contributed by atoms with Crippen molar-refractivity contribution < 1.29 is 9.47 Å². The topological polar surface area (TPSA) is 23.4 Å². The van der Waals surface area contributed by atoms with Crippen LogP contribution in [0.25, 0.3) is 38.6 Å². The predicted molar refractivity (Wildman–Crippen MR) is 164 cm³/mol. The van der Waals surface area contributed by atoms with Gasteiger partial charge in [-0.3, -0.25) is 0 Å². The smallest absolute Gasteiger partial charge is 0.260 e. The largest absolute Gasteiger partial charge is 0.458 e. The Bertz CT molecular complexity index is 2120. The monoisotopic (exact) mass is 511 g/mol. The van der Waals surface area contributed by atoms with Gasteiger partial charge in [-0.2, -0.15) is 0 Å². The third-order valence-corrected chi connectivity index (χ3v) is 8.34. The van der Waals surface area contributed by atoms with Crippen molar-refractivity contribution in [2.45, 2.75) is 0 Å². The van der Waals surface area contributed by atoms with Crippen molar-refractivity contribution in [3.05, 3.63) is 133 Å². The van der Waals surface area contributed by atoms with Crippen LogP contribution in [0.5, 0.6) is 23.0 Å². The minimum absolute atomic E-state index is 0.0408. The van der Waals surface area contributed by atoms with Crippen LogP contribution in [0.3, 0.4) is 0 Å². The van der Waals surface area contributed by atoms with Gasteiger partial charge in [-0.05, 0) is 53.4 Å². The van der Waals surface area contributed by atoms with Crippen molar-refractivity contribution >= 4 is 44.9 Å². The molecule has 2 aliphatic rings. The maximum Gasteiger partial charge on any atom is 0.260 e. The summed E-state index contributed by atoms with van der Waals surface area (Å²) in [6.07, 6.45) is 0. The summed E-state index contributed by atoms with van der Waals surface area (Å²) < 4.78 is 15.7. The number of aromatic nitrogens is 1. The number of hydrogen-bond donors (Lipinski definition) is 0. The van der Waals surface area contributed by atoms with Crippen LogP contribution in [-0.2, 0) is 0 Å². The molecule has 0 saturated carbocycles. The summed E-state index contributed by atoms with van der Waals surface area (Å²) in [6, 6.07) is 46.9. The van der Waals surface area contributed by atoms with E-state index in [0.717, 1.165) is 45.3 Å². The fraction of sp³-hybridized carbons (Fsp3) is 0. The minimum atomic E-state index is 0.0408. The van der Waals surface area contributed by atoms with Crippen LogP contribution in [-0.4, -0.2) is 11.3 Å². The Hall–Kier alpha value is -5.22. The zero-order valence-corrected chi connectivity index (χ0v) is 21.5. The highest BCUT2D eigenvalue weighted by atomic mass is 16.5. The van der Waals surface area contributed by atoms with Gasteiger partial charge in [0, 0.05) is 33.0 Å². The Morgan fingerprint density at radius 1 is 0.475 bits per heavy atom. The number of fused-ring (bicyclic) bond motifs is 7. The Morgan fingerprint density at radius 2 is 1.15 bits per heavy atom. The summed E-state index contributed by atoms with van der Waals surface area (Å²) >= 11 is 0. The molecular formula is C36H22BNO2. The van der Waals surface area contributed by atoms with Crippen LogP contribution in [0.15, 0.2) is 133 Å². The lowest BCUT2D eigenvalue weighted by atomic mass is 9.34. The van der Waals surface area contributed by atoms with Crippen molar-refractivity contribution in [3.8, 4) is 39.8 Å². The van der Waals surface area contributed by atoms with E-state index in [9.17, 15) is 0 Å². The summed E-state index contributed by atoms with van der Waals surface area (Å²) in [5.41, 5.74) is 9.11. The van der Waals surface area contributed by atoms with Crippen molar-refractivity contribution in [1.29, 1.82) is 0 Å². The number of nitrogens with zero attached hydrogens (tertiary/aromatic N) is 1. The minimum Gasteiger partial charge on any atom is -0.458 e. The quantitative estimate of drug-likeness (QED) is 0.230. The van der Waals surface area contributed by atoms with Crippen LogP contribution in [0.2, 0.25) is 0 Å². The summed E-state index contributed by atoms with van der Waals surface area (Å²) in [6.45, 7) is 0.0408. The molecule has 7 aromatic rings. The van der Waals surface area contributed by atoms with Gasteiger partial charge in [-0.1, -0.05) is 91.0 Å². The van der Waals surface area contributed by atoms with E-state index in [-0.39, 0.29) is 6.71 Å². The molecule has 0 saturated heterocycles. The zero-order chi connectivity index (χ0) is 26.2. The first kappa shape index (κ1) is 21.7. The van der Waals surface area contributed by atoms with Gasteiger partial charge in [-0.15, -0.1) is 0 Å². The molecular weight excluding hydrogens is 489 g/mol. The first-order valence-electron chi connectivity index (χ1n) is 13.7. The first-order valence-corrected chi connectivity index (χ1v) is 13.7. The fourth-order valence-electron chi connectivity index (χ4n) is 6.68. The number of ether oxygens (including phenoxy) is 2. The van der Waals surface area contributed by atoms with Crippen LogP contribution in [0, 0.1) is 0 Å². The van der Waals surface area contributed by atoms with E-state index in [2.05, 4.69) is 126 Å². The molecule has 0 bridgehead atoms. The second kappa shape index (κ2) is 8.14. The molecule has 186 valence electrons. The molecule has 0 unspecified atom stereocenters. The van der Waals surface area contributed by atoms with Gasteiger partial charge in [-0.25, -0.2) is 0 Å². The number of para-hydroxylation sites is 5. The molecule has 40 heavy (non-hydrogen) atoms. The standard InChI is InChI=1S/C36H22BNO2/c1-2-11-23(12-3-1)38-30-18-7-4-13-24(30)25-14-10-15-26(35(25)38)27-21-22-33-34-36(27)40-32-20-9-6-17-29(32)37(34)28-16-5-8-19-31(28)39-33/h1-22H. The van der Waals surface area contributed by atoms with Crippen LogP contribution < -0.4 is 25.9 Å². The fourth-order valence-corrected chi connectivity index (χ4v) is 6.68. The molecule has 9 rings (SSSR count). The maximum absolute atomic E-state index is 6.80. The van der Waals surface area contributed by atoms with Crippen LogP contribution >= 0.6 is 0 Å². The Kier molecular flexibility index (Phi) is 4.41. The molecule has 0 aliphatic carbocycles. The van der Waals surface area contributed by atoms with E-state index in [1.54, 1.807) is 0 Å². The highest BCUT2D eigenvalue weighted by Gasteiger charge is 2.41. The summed E-state index contributed by atoms with van der Waals surface area (Å²) in [5, 5.41) is 2.45. The lowest BCUT2D eigenvalue weighted by Crippen LogP contribution is -2.57. The molecule has 6 aromatic carbocycles. The zero-order valence-electron chi connectivity index (χ0n) is 21.5. The molecule has 4 heteroatoms. The van der Waals surface area contributed by atoms with Crippen molar-refractivity contribution in [2.75, 3.05) is 0 Å². The second-order valence-corrected chi connectivity index (χ2v) is 10.5. The van der Waals surface area contributed by atoms with Gasteiger partial charge < -0.3 is 14.0 Å². The van der Waals surface area contributed by atoms with Gasteiger partial charge in [0.25, 0.3) is 6.71 Å². The predicted octanol–water partition coefficient (Wildman–Crippen LogP) is 7.18.